The molecule has 1 saturated heterocycles. The van der Waals surface area contributed by atoms with Gasteiger partial charge in [0.2, 0.25) is 0 Å². The molecule has 3 nitrogen and oxygen atoms in total. The van der Waals surface area contributed by atoms with E-state index in [1.54, 1.807) is 4.90 Å². The standard InChI is InChI=1S/C11H12F2N2O/c1-2-15-6-10(14-11(15)16)8-4-3-7(12)5-9(8)13/h3-5,10H,2,6H2,1H3,(H,14,16). The van der Waals surface area contributed by atoms with E-state index in [2.05, 4.69) is 5.32 Å². The van der Waals surface area contributed by atoms with Crippen molar-refractivity contribution < 1.29 is 13.6 Å². The molecule has 1 aliphatic rings. The minimum atomic E-state index is -0.622. The minimum absolute atomic E-state index is 0.212. The van der Waals surface area contributed by atoms with E-state index in [-0.39, 0.29) is 6.03 Å². The van der Waals surface area contributed by atoms with Gasteiger partial charge in [0.1, 0.15) is 11.6 Å². The molecule has 1 aliphatic heterocycles. The lowest BCUT2D eigenvalue weighted by Gasteiger charge is -2.12. The molecule has 0 spiro atoms. The summed E-state index contributed by atoms with van der Waals surface area (Å²) in [7, 11) is 0. The van der Waals surface area contributed by atoms with Gasteiger partial charge in [0.05, 0.1) is 6.04 Å². The molecule has 1 aromatic carbocycles. The van der Waals surface area contributed by atoms with Crippen molar-refractivity contribution >= 4 is 6.03 Å². The summed E-state index contributed by atoms with van der Waals surface area (Å²) >= 11 is 0. The van der Waals surface area contributed by atoms with Gasteiger partial charge in [-0.1, -0.05) is 6.07 Å². The molecule has 2 amide bonds. The molecule has 86 valence electrons. The average Bonchev–Trinajstić information content (AvgIpc) is 2.59. The molecule has 5 heteroatoms. The molecular weight excluding hydrogens is 214 g/mol. The highest BCUT2D eigenvalue weighted by Gasteiger charge is 2.30. The first kappa shape index (κ1) is 10.9. The SMILES string of the molecule is CCN1CC(c2ccc(F)cc2F)NC1=O. The maximum absolute atomic E-state index is 13.5. The number of hydrogen-bond acceptors (Lipinski definition) is 1. The van der Waals surface area contributed by atoms with Gasteiger partial charge in [-0.15, -0.1) is 0 Å². The van der Waals surface area contributed by atoms with Gasteiger partial charge in [-0.05, 0) is 13.0 Å². The fraction of sp³-hybridized carbons (Fsp3) is 0.364. The van der Waals surface area contributed by atoms with Gasteiger partial charge in [-0.3, -0.25) is 0 Å². The molecule has 0 bridgehead atoms. The van der Waals surface area contributed by atoms with Gasteiger partial charge in [-0.2, -0.15) is 0 Å². The van der Waals surface area contributed by atoms with Crippen molar-refractivity contribution in [1.82, 2.24) is 10.2 Å². The summed E-state index contributed by atoms with van der Waals surface area (Å²) in [5.41, 5.74) is 0.325. The predicted molar refractivity (Wildman–Crippen MR) is 54.9 cm³/mol. The molecule has 1 unspecified atom stereocenters. The molecule has 0 saturated carbocycles. The highest BCUT2D eigenvalue weighted by Crippen LogP contribution is 2.23. The van der Waals surface area contributed by atoms with Crippen LogP contribution in [0.25, 0.3) is 0 Å². The first-order valence-electron chi connectivity index (χ1n) is 5.12. The number of carbonyl (C=O) groups excluding carboxylic acids is 1. The first-order valence-corrected chi connectivity index (χ1v) is 5.12. The zero-order chi connectivity index (χ0) is 11.7. The predicted octanol–water partition coefficient (Wildman–Crippen LogP) is 2.05. The largest absolute Gasteiger partial charge is 0.329 e. The minimum Gasteiger partial charge on any atom is -0.329 e. The Kier molecular flexibility index (Phi) is 2.77. The van der Waals surface area contributed by atoms with Crippen LogP contribution >= 0.6 is 0 Å². The number of benzene rings is 1. The zero-order valence-corrected chi connectivity index (χ0v) is 8.84. The van der Waals surface area contributed by atoms with Gasteiger partial charge in [0.15, 0.2) is 0 Å². The van der Waals surface area contributed by atoms with Crippen LogP contribution in [0.5, 0.6) is 0 Å². The number of hydrogen-bond donors (Lipinski definition) is 1. The third-order valence-corrected chi connectivity index (χ3v) is 2.71. The van der Waals surface area contributed by atoms with E-state index in [0.717, 1.165) is 6.07 Å². The second-order valence-electron chi connectivity index (χ2n) is 3.71. The van der Waals surface area contributed by atoms with Crippen molar-refractivity contribution in [3.8, 4) is 0 Å². The van der Waals surface area contributed by atoms with Crippen LogP contribution in [0.1, 0.15) is 18.5 Å². The highest BCUT2D eigenvalue weighted by molar-refractivity contribution is 5.77. The molecule has 1 atom stereocenters. The number of likely N-dealkylation sites (N-methyl/N-ethyl adjacent to an activating group) is 1. The second-order valence-corrected chi connectivity index (χ2v) is 3.71. The molecule has 0 aromatic heterocycles. The summed E-state index contributed by atoms with van der Waals surface area (Å²) in [5.74, 6) is -1.24. The molecule has 0 aliphatic carbocycles. The van der Waals surface area contributed by atoms with Crippen LogP contribution in [0.2, 0.25) is 0 Å². The Morgan fingerprint density at radius 2 is 2.25 bits per heavy atom. The smallest absolute Gasteiger partial charge is 0.318 e. The van der Waals surface area contributed by atoms with Crippen LogP contribution in [0.3, 0.4) is 0 Å². The number of rotatable bonds is 2. The van der Waals surface area contributed by atoms with Gasteiger partial charge < -0.3 is 10.2 Å². The number of halogens is 2. The maximum Gasteiger partial charge on any atom is 0.318 e. The quantitative estimate of drug-likeness (QED) is 0.822. The van der Waals surface area contributed by atoms with Crippen LogP contribution in [0, 0.1) is 11.6 Å². The Morgan fingerprint density at radius 3 is 2.81 bits per heavy atom. The van der Waals surface area contributed by atoms with Crippen LogP contribution in [-0.2, 0) is 0 Å². The van der Waals surface area contributed by atoms with Crippen molar-refractivity contribution in [3.63, 3.8) is 0 Å². The van der Waals surface area contributed by atoms with E-state index in [1.807, 2.05) is 6.92 Å². The normalized spacial score (nSPS) is 20.1. The molecule has 1 aromatic rings. The Morgan fingerprint density at radius 1 is 1.50 bits per heavy atom. The summed E-state index contributed by atoms with van der Waals surface area (Å²) in [6.07, 6.45) is 0. The van der Waals surface area contributed by atoms with Gasteiger partial charge in [-0.25, -0.2) is 13.6 Å². The van der Waals surface area contributed by atoms with E-state index in [9.17, 15) is 13.6 Å². The number of nitrogens with zero attached hydrogens (tertiary/aromatic N) is 1. The topological polar surface area (TPSA) is 32.3 Å². The van der Waals surface area contributed by atoms with Crippen molar-refractivity contribution in [2.75, 3.05) is 13.1 Å². The molecule has 16 heavy (non-hydrogen) atoms. The Balaban J connectivity index is 2.23. The summed E-state index contributed by atoms with van der Waals surface area (Å²) in [6.45, 7) is 2.84. The molecule has 1 N–H and O–H groups in total. The molecule has 2 rings (SSSR count). The van der Waals surface area contributed by atoms with Gasteiger partial charge in [0, 0.05) is 24.7 Å². The molecule has 1 fully saturated rings. The summed E-state index contributed by atoms with van der Waals surface area (Å²) < 4.78 is 26.2. The van der Waals surface area contributed by atoms with Crippen molar-refractivity contribution in [2.45, 2.75) is 13.0 Å². The summed E-state index contributed by atoms with van der Waals surface area (Å²) in [4.78, 5) is 13.0. The van der Waals surface area contributed by atoms with E-state index >= 15 is 0 Å². The fourth-order valence-corrected chi connectivity index (χ4v) is 1.82. The van der Waals surface area contributed by atoms with Crippen LogP contribution in [-0.4, -0.2) is 24.0 Å². The zero-order valence-electron chi connectivity index (χ0n) is 8.84. The Hall–Kier alpha value is -1.65. The number of urea groups is 1. The van der Waals surface area contributed by atoms with Crippen molar-refractivity contribution in [3.05, 3.63) is 35.4 Å². The van der Waals surface area contributed by atoms with E-state index in [4.69, 9.17) is 0 Å². The fourth-order valence-electron chi connectivity index (χ4n) is 1.82. The summed E-state index contributed by atoms with van der Waals surface area (Å²) in [6, 6.07) is 2.79. The van der Waals surface area contributed by atoms with Gasteiger partial charge >= 0.3 is 6.03 Å². The van der Waals surface area contributed by atoms with Crippen LogP contribution < -0.4 is 5.32 Å². The van der Waals surface area contributed by atoms with E-state index < -0.39 is 17.7 Å². The van der Waals surface area contributed by atoms with E-state index in [1.165, 1.54) is 12.1 Å². The number of nitrogens with one attached hydrogen (secondary N) is 1. The highest BCUT2D eigenvalue weighted by atomic mass is 19.1. The van der Waals surface area contributed by atoms with Crippen molar-refractivity contribution in [2.24, 2.45) is 0 Å². The lowest BCUT2D eigenvalue weighted by Crippen LogP contribution is -2.27. The average molecular weight is 226 g/mol. The first-order chi connectivity index (χ1) is 7.61. The summed E-state index contributed by atoms with van der Waals surface area (Å²) in [5, 5.41) is 2.66. The van der Waals surface area contributed by atoms with Crippen molar-refractivity contribution in [1.29, 1.82) is 0 Å². The van der Waals surface area contributed by atoms with Crippen LogP contribution in [0.15, 0.2) is 18.2 Å². The van der Waals surface area contributed by atoms with E-state index in [0.29, 0.717) is 18.7 Å². The second kappa shape index (κ2) is 4.08. The number of amides is 2. The molecule has 1 heterocycles. The Labute approximate surface area is 92.1 Å². The van der Waals surface area contributed by atoms with Crippen LogP contribution in [0.4, 0.5) is 13.6 Å². The maximum atomic E-state index is 13.5. The lowest BCUT2D eigenvalue weighted by molar-refractivity contribution is 0.219. The third kappa shape index (κ3) is 1.85. The molecule has 0 radical (unpaired) electrons. The van der Waals surface area contributed by atoms with Gasteiger partial charge in [0.25, 0.3) is 0 Å². The monoisotopic (exact) mass is 226 g/mol. The third-order valence-electron chi connectivity index (χ3n) is 2.71. The Bertz CT molecular complexity index is 422. The number of carbonyl (C=O) groups is 1. The lowest BCUT2D eigenvalue weighted by atomic mass is 10.1. The molecular formula is C11H12F2N2O.